The predicted molar refractivity (Wildman–Crippen MR) is 63.3 cm³/mol. The molecule has 2 unspecified atom stereocenters. The van der Waals surface area contributed by atoms with Crippen molar-refractivity contribution in [3.05, 3.63) is 23.7 Å². The topological polar surface area (TPSA) is 42.2 Å². The van der Waals surface area contributed by atoms with Gasteiger partial charge < -0.3 is 9.73 Å². The third-order valence-corrected chi connectivity index (χ3v) is 3.66. The van der Waals surface area contributed by atoms with Crippen LogP contribution in [0.3, 0.4) is 0 Å². The Morgan fingerprint density at radius 2 is 2.13 bits per heavy atom. The molecule has 0 aliphatic heterocycles. The fourth-order valence-corrected chi connectivity index (χ4v) is 1.58. The Morgan fingerprint density at radius 1 is 1.47 bits per heavy atom. The molecule has 0 amide bonds. The molecule has 1 aromatic rings. The van der Waals surface area contributed by atoms with Crippen molar-refractivity contribution < 1.29 is 8.63 Å². The smallest absolute Gasteiger partial charge is 0.117 e. The first-order valence-corrected chi connectivity index (χ1v) is 6.86. The van der Waals surface area contributed by atoms with Gasteiger partial charge in [-0.2, -0.15) is 0 Å². The molecule has 0 bridgehead atoms. The standard InChI is InChI=1S/C11H19NO2S/c1-4-10-5-6-11(14-10)8-12-7-9(2)15(3)13/h5-6,9,12H,4,7-8H2,1-3H3. The number of rotatable bonds is 6. The van der Waals surface area contributed by atoms with Crippen molar-refractivity contribution in [2.75, 3.05) is 12.8 Å². The molecule has 0 fully saturated rings. The largest absolute Gasteiger partial charge is 0.465 e. The van der Waals surface area contributed by atoms with Gasteiger partial charge in [-0.3, -0.25) is 4.21 Å². The second-order valence-electron chi connectivity index (χ2n) is 3.66. The third kappa shape index (κ3) is 4.18. The minimum Gasteiger partial charge on any atom is -0.465 e. The van der Waals surface area contributed by atoms with E-state index >= 15 is 0 Å². The van der Waals surface area contributed by atoms with E-state index in [9.17, 15) is 4.21 Å². The summed E-state index contributed by atoms with van der Waals surface area (Å²) in [5, 5.41) is 3.42. The molecule has 0 aliphatic rings. The van der Waals surface area contributed by atoms with Gasteiger partial charge in [0.1, 0.15) is 11.5 Å². The monoisotopic (exact) mass is 229 g/mol. The van der Waals surface area contributed by atoms with Gasteiger partial charge >= 0.3 is 0 Å². The lowest BCUT2D eigenvalue weighted by molar-refractivity contribution is 0.451. The highest BCUT2D eigenvalue weighted by atomic mass is 32.2. The van der Waals surface area contributed by atoms with Gasteiger partial charge in [-0.05, 0) is 19.1 Å². The molecule has 1 heterocycles. The van der Waals surface area contributed by atoms with Crippen molar-refractivity contribution in [3.8, 4) is 0 Å². The molecular formula is C11H19NO2S. The second-order valence-corrected chi connectivity index (χ2v) is 5.46. The van der Waals surface area contributed by atoms with E-state index in [1.807, 2.05) is 19.1 Å². The summed E-state index contributed by atoms with van der Waals surface area (Å²) in [7, 11) is -0.758. The molecule has 0 saturated heterocycles. The average Bonchev–Trinajstić information content (AvgIpc) is 2.65. The summed E-state index contributed by atoms with van der Waals surface area (Å²) in [5.41, 5.74) is 0. The summed E-state index contributed by atoms with van der Waals surface area (Å²) in [4.78, 5) is 0. The Labute approximate surface area is 93.7 Å². The molecule has 0 aromatic carbocycles. The van der Waals surface area contributed by atoms with Crippen molar-refractivity contribution >= 4 is 10.8 Å². The highest BCUT2D eigenvalue weighted by Crippen LogP contribution is 2.07. The van der Waals surface area contributed by atoms with Crippen LogP contribution < -0.4 is 5.32 Å². The first-order chi connectivity index (χ1) is 7.13. The van der Waals surface area contributed by atoms with Crippen molar-refractivity contribution in [1.82, 2.24) is 5.32 Å². The van der Waals surface area contributed by atoms with E-state index < -0.39 is 10.8 Å². The zero-order chi connectivity index (χ0) is 11.3. The molecule has 2 atom stereocenters. The van der Waals surface area contributed by atoms with E-state index in [0.717, 1.165) is 24.5 Å². The molecule has 0 aliphatic carbocycles. The van der Waals surface area contributed by atoms with Crippen LogP contribution in [-0.4, -0.2) is 22.3 Å². The SMILES string of the molecule is CCc1ccc(CNCC(C)S(C)=O)o1. The van der Waals surface area contributed by atoms with Crippen LogP contribution in [0.1, 0.15) is 25.4 Å². The molecule has 1 aromatic heterocycles. The number of hydrogen-bond acceptors (Lipinski definition) is 3. The summed E-state index contributed by atoms with van der Waals surface area (Å²) >= 11 is 0. The first-order valence-electron chi connectivity index (χ1n) is 5.24. The molecular weight excluding hydrogens is 210 g/mol. The highest BCUT2D eigenvalue weighted by Gasteiger charge is 2.06. The van der Waals surface area contributed by atoms with E-state index in [2.05, 4.69) is 12.2 Å². The van der Waals surface area contributed by atoms with E-state index in [1.54, 1.807) is 6.26 Å². The van der Waals surface area contributed by atoms with Crippen LogP contribution in [0.4, 0.5) is 0 Å². The Kier molecular flexibility index (Phi) is 5.05. The van der Waals surface area contributed by atoms with Crippen molar-refractivity contribution in [3.63, 3.8) is 0 Å². The fourth-order valence-electron chi connectivity index (χ4n) is 1.22. The van der Waals surface area contributed by atoms with Crippen LogP contribution in [0.25, 0.3) is 0 Å². The van der Waals surface area contributed by atoms with Crippen molar-refractivity contribution in [2.24, 2.45) is 0 Å². The van der Waals surface area contributed by atoms with E-state index in [1.165, 1.54) is 0 Å². The molecule has 0 saturated carbocycles. The minimum absolute atomic E-state index is 0.186. The second kappa shape index (κ2) is 6.08. The highest BCUT2D eigenvalue weighted by molar-refractivity contribution is 7.84. The maximum Gasteiger partial charge on any atom is 0.117 e. The van der Waals surface area contributed by atoms with Gasteiger partial charge in [0, 0.05) is 35.3 Å². The van der Waals surface area contributed by atoms with Crippen LogP contribution in [0.2, 0.25) is 0 Å². The Balaban J connectivity index is 2.28. The van der Waals surface area contributed by atoms with Crippen LogP contribution in [0.15, 0.2) is 16.5 Å². The molecule has 86 valence electrons. The number of furan rings is 1. The van der Waals surface area contributed by atoms with Gasteiger partial charge in [-0.1, -0.05) is 6.92 Å². The summed E-state index contributed by atoms with van der Waals surface area (Å²) in [6, 6.07) is 3.98. The van der Waals surface area contributed by atoms with Crippen molar-refractivity contribution in [1.29, 1.82) is 0 Å². The van der Waals surface area contributed by atoms with Gasteiger partial charge in [0.25, 0.3) is 0 Å². The van der Waals surface area contributed by atoms with Gasteiger partial charge in [0.15, 0.2) is 0 Å². The zero-order valence-electron chi connectivity index (χ0n) is 9.58. The summed E-state index contributed by atoms with van der Waals surface area (Å²) < 4.78 is 16.6. The average molecular weight is 229 g/mol. The molecule has 3 nitrogen and oxygen atoms in total. The maximum atomic E-state index is 11.1. The number of nitrogens with one attached hydrogen (secondary N) is 1. The number of hydrogen-bond donors (Lipinski definition) is 1. The quantitative estimate of drug-likeness (QED) is 0.807. The Bertz CT molecular complexity index is 322. The minimum atomic E-state index is -0.758. The fraction of sp³-hybridized carbons (Fsp3) is 0.636. The van der Waals surface area contributed by atoms with Crippen molar-refractivity contribution in [2.45, 2.75) is 32.1 Å². The molecule has 15 heavy (non-hydrogen) atoms. The van der Waals surface area contributed by atoms with E-state index in [-0.39, 0.29) is 5.25 Å². The van der Waals surface area contributed by atoms with Gasteiger partial charge in [0.05, 0.1) is 6.54 Å². The van der Waals surface area contributed by atoms with E-state index in [0.29, 0.717) is 6.54 Å². The molecule has 0 spiro atoms. The lowest BCUT2D eigenvalue weighted by atomic mass is 10.3. The Hall–Kier alpha value is -0.610. The Morgan fingerprint density at radius 3 is 2.67 bits per heavy atom. The first kappa shape index (κ1) is 12.5. The summed E-state index contributed by atoms with van der Waals surface area (Å²) in [6.07, 6.45) is 2.66. The molecule has 1 rings (SSSR count). The van der Waals surface area contributed by atoms with Gasteiger partial charge in [-0.25, -0.2) is 0 Å². The van der Waals surface area contributed by atoms with Crippen LogP contribution in [0.5, 0.6) is 0 Å². The zero-order valence-corrected chi connectivity index (χ0v) is 10.4. The summed E-state index contributed by atoms with van der Waals surface area (Å²) in [5.74, 6) is 1.96. The normalized spacial score (nSPS) is 15.1. The van der Waals surface area contributed by atoms with Crippen LogP contribution >= 0.6 is 0 Å². The summed E-state index contributed by atoms with van der Waals surface area (Å²) in [6.45, 7) is 5.51. The molecule has 0 radical (unpaired) electrons. The predicted octanol–water partition coefficient (Wildman–Crippen LogP) is 1.70. The third-order valence-electron chi connectivity index (χ3n) is 2.36. The molecule has 1 N–H and O–H groups in total. The number of aryl methyl sites for hydroxylation is 1. The van der Waals surface area contributed by atoms with Gasteiger partial charge in [0.2, 0.25) is 0 Å². The van der Waals surface area contributed by atoms with Gasteiger partial charge in [-0.15, -0.1) is 0 Å². The lowest BCUT2D eigenvalue weighted by Crippen LogP contribution is -2.26. The maximum absolute atomic E-state index is 11.1. The van der Waals surface area contributed by atoms with Crippen LogP contribution in [0, 0.1) is 0 Å². The lowest BCUT2D eigenvalue weighted by Gasteiger charge is -2.08. The molecule has 4 heteroatoms. The van der Waals surface area contributed by atoms with E-state index in [4.69, 9.17) is 4.42 Å². The van der Waals surface area contributed by atoms with Crippen LogP contribution in [-0.2, 0) is 23.8 Å².